The molecule has 0 bridgehead atoms. The number of rotatable bonds is 7. The van der Waals surface area contributed by atoms with Crippen LogP contribution in [-0.2, 0) is 19.1 Å². The number of hydrogen-bond acceptors (Lipinski definition) is 6. The molecule has 4 N–H and O–H groups in total. The van der Waals surface area contributed by atoms with E-state index in [1.165, 1.54) is 0 Å². The molecule has 8 heteroatoms. The van der Waals surface area contributed by atoms with E-state index in [0.717, 1.165) is 12.0 Å². The van der Waals surface area contributed by atoms with E-state index in [9.17, 15) is 14.4 Å². The van der Waals surface area contributed by atoms with Gasteiger partial charge in [0.15, 0.2) is 0 Å². The summed E-state index contributed by atoms with van der Waals surface area (Å²) < 4.78 is 9.65. The summed E-state index contributed by atoms with van der Waals surface area (Å²) in [4.78, 5) is 32.7. The van der Waals surface area contributed by atoms with Crippen LogP contribution in [0.2, 0.25) is 0 Å². The molecule has 150 valence electrons. The maximum atomic E-state index is 11.4. The predicted octanol–water partition coefficient (Wildman–Crippen LogP) is 2.38. The topological polar surface area (TPSA) is 131 Å². The number of carboxylic acids is 1. The summed E-state index contributed by atoms with van der Waals surface area (Å²) in [5, 5.41) is 11.2. The smallest absolute Gasteiger partial charge is 0.408 e. The maximum absolute atomic E-state index is 11.4. The van der Waals surface area contributed by atoms with E-state index in [1.807, 2.05) is 30.3 Å². The Bertz CT molecular complexity index is 627. The van der Waals surface area contributed by atoms with E-state index in [0.29, 0.717) is 19.4 Å². The molecular formula is C19H28N2O6. The number of benzene rings is 1. The van der Waals surface area contributed by atoms with Crippen molar-refractivity contribution in [3.05, 3.63) is 35.9 Å². The van der Waals surface area contributed by atoms with Crippen molar-refractivity contribution in [2.45, 2.75) is 57.8 Å². The van der Waals surface area contributed by atoms with Gasteiger partial charge in [0.1, 0.15) is 11.6 Å². The molecule has 1 fully saturated rings. The first-order valence-corrected chi connectivity index (χ1v) is 8.82. The number of cyclic esters (lactones) is 1. The van der Waals surface area contributed by atoms with Crippen molar-refractivity contribution < 1.29 is 29.0 Å². The first kappa shape index (κ1) is 22.4. The number of carbonyl (C=O) groups is 3. The van der Waals surface area contributed by atoms with Gasteiger partial charge in [-0.25, -0.2) is 14.4 Å². The van der Waals surface area contributed by atoms with Crippen molar-refractivity contribution >= 4 is 18.0 Å². The van der Waals surface area contributed by atoms with Gasteiger partial charge >= 0.3 is 18.0 Å². The van der Waals surface area contributed by atoms with Crippen molar-refractivity contribution in [3.63, 3.8) is 0 Å². The quantitative estimate of drug-likeness (QED) is 0.489. The maximum Gasteiger partial charge on any atom is 0.408 e. The van der Waals surface area contributed by atoms with Crippen molar-refractivity contribution in [1.29, 1.82) is 0 Å². The zero-order valence-electron chi connectivity index (χ0n) is 15.9. The Morgan fingerprint density at radius 2 is 1.85 bits per heavy atom. The van der Waals surface area contributed by atoms with Gasteiger partial charge in [-0.15, -0.1) is 0 Å². The summed E-state index contributed by atoms with van der Waals surface area (Å²) in [6.07, 6.45) is 0.772. The van der Waals surface area contributed by atoms with E-state index in [1.54, 1.807) is 20.8 Å². The highest BCUT2D eigenvalue weighted by atomic mass is 16.6. The van der Waals surface area contributed by atoms with Crippen molar-refractivity contribution in [1.82, 2.24) is 5.32 Å². The first-order valence-electron chi connectivity index (χ1n) is 8.82. The van der Waals surface area contributed by atoms with E-state index >= 15 is 0 Å². The predicted molar refractivity (Wildman–Crippen MR) is 99.0 cm³/mol. The third kappa shape index (κ3) is 9.60. The summed E-state index contributed by atoms with van der Waals surface area (Å²) in [7, 11) is 0. The van der Waals surface area contributed by atoms with Crippen LogP contribution in [0.4, 0.5) is 4.79 Å². The summed E-state index contributed by atoms with van der Waals surface area (Å²) in [6.45, 7) is 5.67. The summed E-state index contributed by atoms with van der Waals surface area (Å²) >= 11 is 0. The monoisotopic (exact) mass is 380 g/mol. The van der Waals surface area contributed by atoms with Gasteiger partial charge in [-0.1, -0.05) is 30.3 Å². The lowest BCUT2D eigenvalue weighted by Crippen LogP contribution is -2.43. The molecule has 8 nitrogen and oxygen atoms in total. The average Bonchev–Trinajstić information content (AvgIpc) is 3.30. The minimum absolute atomic E-state index is 0.119. The highest BCUT2D eigenvalue weighted by molar-refractivity contribution is 5.88. The fourth-order valence-electron chi connectivity index (χ4n) is 2.11. The standard InChI is InChI=1S/C11H22N2O4.C8H6O2/c1-11(2,3)17-10(16)13-8(9(14)15)6-4-5-7-12;9-8-7(10-8)6-4-2-1-3-5-6/h8H,4-7,12H2,1-3H3,(H,13,16)(H,14,15);1-5,7H. The van der Waals surface area contributed by atoms with Crippen LogP contribution in [0.3, 0.4) is 0 Å². The Balaban J connectivity index is 0.000000303. The minimum atomic E-state index is -1.06. The number of aliphatic carboxylic acids is 1. The molecule has 0 radical (unpaired) electrons. The number of amides is 1. The Morgan fingerprint density at radius 1 is 1.26 bits per heavy atom. The zero-order valence-corrected chi connectivity index (χ0v) is 15.9. The second-order valence-corrected chi connectivity index (χ2v) is 7.05. The third-order valence-electron chi connectivity index (χ3n) is 3.43. The molecule has 2 atom stereocenters. The molecule has 1 heterocycles. The highest BCUT2D eigenvalue weighted by Crippen LogP contribution is 2.30. The van der Waals surface area contributed by atoms with Gasteiger partial charge in [-0.3, -0.25) is 0 Å². The Hall–Kier alpha value is -2.61. The molecule has 0 aromatic heterocycles. The van der Waals surface area contributed by atoms with E-state index in [-0.39, 0.29) is 12.1 Å². The molecule has 27 heavy (non-hydrogen) atoms. The van der Waals surface area contributed by atoms with Gasteiger partial charge in [0.25, 0.3) is 0 Å². The van der Waals surface area contributed by atoms with Crippen LogP contribution in [0.1, 0.15) is 51.7 Å². The summed E-state index contributed by atoms with van der Waals surface area (Å²) in [5.41, 5.74) is 5.63. The van der Waals surface area contributed by atoms with Gasteiger partial charge < -0.3 is 25.6 Å². The number of nitrogens with one attached hydrogen (secondary N) is 1. The number of carbonyl (C=O) groups excluding carboxylic acids is 2. The van der Waals surface area contributed by atoms with Crippen LogP contribution in [0.5, 0.6) is 0 Å². The third-order valence-corrected chi connectivity index (χ3v) is 3.43. The molecule has 1 aromatic carbocycles. The molecule has 1 aliphatic rings. The van der Waals surface area contributed by atoms with E-state index in [4.69, 9.17) is 15.6 Å². The van der Waals surface area contributed by atoms with Gasteiger partial charge in [-0.05, 0) is 46.6 Å². The van der Waals surface area contributed by atoms with Crippen LogP contribution >= 0.6 is 0 Å². The molecule has 2 unspecified atom stereocenters. The summed E-state index contributed by atoms with van der Waals surface area (Å²) in [5.74, 6) is -1.18. The highest BCUT2D eigenvalue weighted by Gasteiger charge is 2.39. The van der Waals surface area contributed by atoms with Crippen molar-refractivity contribution in [3.8, 4) is 0 Å². The fraction of sp³-hybridized carbons (Fsp3) is 0.526. The van der Waals surface area contributed by atoms with Gasteiger partial charge in [0.05, 0.1) is 0 Å². The second-order valence-electron chi connectivity index (χ2n) is 7.05. The number of nitrogens with two attached hydrogens (primary N) is 1. The van der Waals surface area contributed by atoms with E-state index in [2.05, 4.69) is 10.1 Å². The van der Waals surface area contributed by atoms with Crippen LogP contribution in [0.25, 0.3) is 0 Å². The average molecular weight is 380 g/mol. The molecule has 0 saturated carbocycles. The number of unbranched alkanes of at least 4 members (excludes halogenated alkanes) is 1. The summed E-state index contributed by atoms with van der Waals surface area (Å²) in [6, 6.07) is 8.55. The molecule has 0 aliphatic carbocycles. The Labute approximate surface area is 159 Å². The number of alkyl carbamates (subject to hydrolysis) is 1. The molecule has 1 saturated heterocycles. The SMILES string of the molecule is CC(C)(C)OC(=O)NC(CCCCN)C(=O)O.O=C1OC1c1ccccc1. The first-order chi connectivity index (χ1) is 12.6. The molecule has 1 aliphatic heterocycles. The fourth-order valence-corrected chi connectivity index (χ4v) is 2.11. The normalized spacial score (nSPS) is 16.3. The van der Waals surface area contributed by atoms with Crippen LogP contribution < -0.4 is 11.1 Å². The Kier molecular flexibility index (Phi) is 8.74. The molecular weight excluding hydrogens is 352 g/mol. The van der Waals surface area contributed by atoms with Crippen LogP contribution in [0.15, 0.2) is 30.3 Å². The van der Waals surface area contributed by atoms with Crippen molar-refractivity contribution in [2.24, 2.45) is 5.73 Å². The molecule has 1 aromatic rings. The zero-order chi connectivity index (χ0) is 20.4. The van der Waals surface area contributed by atoms with Gasteiger partial charge in [-0.2, -0.15) is 0 Å². The lowest BCUT2D eigenvalue weighted by atomic mass is 10.1. The van der Waals surface area contributed by atoms with Gasteiger partial charge in [0.2, 0.25) is 6.10 Å². The van der Waals surface area contributed by atoms with Crippen LogP contribution in [-0.4, -0.2) is 41.3 Å². The lowest BCUT2D eigenvalue weighted by Gasteiger charge is -2.21. The van der Waals surface area contributed by atoms with Crippen molar-refractivity contribution in [2.75, 3.05) is 6.54 Å². The number of carboxylic acid groups (broad SMARTS) is 1. The molecule has 1 amide bonds. The molecule has 0 spiro atoms. The largest absolute Gasteiger partial charge is 0.480 e. The second kappa shape index (κ2) is 10.5. The molecule has 2 rings (SSSR count). The van der Waals surface area contributed by atoms with Gasteiger partial charge in [0, 0.05) is 5.56 Å². The number of epoxide rings is 1. The lowest BCUT2D eigenvalue weighted by molar-refractivity contribution is -0.139. The van der Waals surface area contributed by atoms with E-state index < -0.39 is 23.7 Å². The Morgan fingerprint density at radius 3 is 2.30 bits per heavy atom. The van der Waals surface area contributed by atoms with Crippen LogP contribution in [0, 0.1) is 0 Å². The number of hydrogen-bond donors (Lipinski definition) is 3. The number of ether oxygens (including phenoxy) is 2. The minimum Gasteiger partial charge on any atom is -0.480 e.